The van der Waals surface area contributed by atoms with Crippen LogP contribution in [0.3, 0.4) is 0 Å². The van der Waals surface area contributed by atoms with Gasteiger partial charge in [-0.15, -0.1) is 0 Å². The summed E-state index contributed by atoms with van der Waals surface area (Å²) < 4.78 is 0. The third kappa shape index (κ3) is 3.82. The molecule has 1 aliphatic rings. The molecule has 0 aromatic heterocycles. The fourth-order valence-corrected chi connectivity index (χ4v) is 1.61. The molecule has 1 aliphatic carbocycles. The number of likely N-dealkylation sites (N-methyl/N-ethyl adjacent to an activating group) is 1. The summed E-state index contributed by atoms with van der Waals surface area (Å²) in [6.45, 7) is 9.86. The van der Waals surface area contributed by atoms with Gasteiger partial charge < -0.3 is 10.2 Å². The lowest BCUT2D eigenvalue weighted by Crippen LogP contribution is -2.43. The van der Waals surface area contributed by atoms with E-state index in [0.29, 0.717) is 24.5 Å². The SMILES string of the molecule is CCN(C(=O)CNC(C)C(C)C)C1CC1. The number of amides is 1. The Morgan fingerprint density at radius 2 is 2.00 bits per heavy atom. The highest BCUT2D eigenvalue weighted by atomic mass is 16.2. The zero-order chi connectivity index (χ0) is 11.4. The quantitative estimate of drug-likeness (QED) is 0.726. The van der Waals surface area contributed by atoms with Gasteiger partial charge in [0.1, 0.15) is 0 Å². The van der Waals surface area contributed by atoms with Crippen LogP contribution in [0.25, 0.3) is 0 Å². The van der Waals surface area contributed by atoms with Crippen LogP contribution in [0.4, 0.5) is 0 Å². The van der Waals surface area contributed by atoms with Crippen molar-refractivity contribution in [2.24, 2.45) is 5.92 Å². The van der Waals surface area contributed by atoms with Gasteiger partial charge in [0.2, 0.25) is 5.91 Å². The molecule has 1 fully saturated rings. The highest BCUT2D eigenvalue weighted by Gasteiger charge is 2.31. The maximum atomic E-state index is 11.8. The molecule has 0 radical (unpaired) electrons. The summed E-state index contributed by atoms with van der Waals surface area (Å²) in [6.07, 6.45) is 2.39. The normalized spacial score (nSPS) is 17.9. The molecule has 3 nitrogen and oxygen atoms in total. The number of rotatable bonds is 6. The Morgan fingerprint density at radius 3 is 2.40 bits per heavy atom. The molecule has 88 valence electrons. The van der Waals surface area contributed by atoms with Crippen molar-refractivity contribution in [1.82, 2.24) is 10.2 Å². The summed E-state index contributed by atoms with van der Waals surface area (Å²) in [4.78, 5) is 13.8. The molecule has 0 bridgehead atoms. The van der Waals surface area contributed by atoms with Crippen LogP contribution in [0.15, 0.2) is 0 Å². The molecule has 0 aromatic rings. The topological polar surface area (TPSA) is 32.3 Å². The number of hydrogen-bond donors (Lipinski definition) is 1. The monoisotopic (exact) mass is 212 g/mol. The first kappa shape index (κ1) is 12.5. The number of carbonyl (C=O) groups excluding carboxylic acids is 1. The zero-order valence-corrected chi connectivity index (χ0v) is 10.4. The van der Waals surface area contributed by atoms with Gasteiger partial charge in [-0.2, -0.15) is 0 Å². The second-order valence-corrected chi connectivity index (χ2v) is 4.82. The number of nitrogens with one attached hydrogen (secondary N) is 1. The Labute approximate surface area is 93.2 Å². The van der Waals surface area contributed by atoms with Crippen molar-refractivity contribution in [3.63, 3.8) is 0 Å². The van der Waals surface area contributed by atoms with Gasteiger partial charge in [-0.25, -0.2) is 0 Å². The molecule has 0 aliphatic heterocycles. The first-order valence-electron chi connectivity index (χ1n) is 6.09. The number of nitrogens with zero attached hydrogens (tertiary/aromatic N) is 1. The lowest BCUT2D eigenvalue weighted by atomic mass is 10.1. The minimum Gasteiger partial charge on any atom is -0.339 e. The van der Waals surface area contributed by atoms with E-state index in [9.17, 15) is 4.79 Å². The van der Waals surface area contributed by atoms with Crippen molar-refractivity contribution < 1.29 is 4.79 Å². The van der Waals surface area contributed by atoms with E-state index in [4.69, 9.17) is 0 Å². The second-order valence-electron chi connectivity index (χ2n) is 4.82. The maximum absolute atomic E-state index is 11.8. The molecule has 1 unspecified atom stereocenters. The lowest BCUT2D eigenvalue weighted by Gasteiger charge is -2.23. The molecule has 1 amide bonds. The summed E-state index contributed by atoms with van der Waals surface area (Å²) in [5.74, 6) is 0.835. The highest BCUT2D eigenvalue weighted by Crippen LogP contribution is 2.26. The lowest BCUT2D eigenvalue weighted by molar-refractivity contribution is -0.130. The first-order valence-corrected chi connectivity index (χ1v) is 6.09. The number of carbonyl (C=O) groups is 1. The molecule has 1 N–H and O–H groups in total. The van der Waals surface area contributed by atoms with Gasteiger partial charge in [-0.1, -0.05) is 13.8 Å². The van der Waals surface area contributed by atoms with Gasteiger partial charge in [-0.05, 0) is 32.6 Å². The van der Waals surface area contributed by atoms with Crippen molar-refractivity contribution >= 4 is 5.91 Å². The molecule has 0 saturated heterocycles. The van der Waals surface area contributed by atoms with Gasteiger partial charge in [0.05, 0.1) is 6.54 Å². The summed E-state index contributed by atoms with van der Waals surface area (Å²) in [6, 6.07) is 0.950. The van der Waals surface area contributed by atoms with Crippen LogP contribution < -0.4 is 5.32 Å². The molecular formula is C12H24N2O. The fraction of sp³-hybridized carbons (Fsp3) is 0.917. The van der Waals surface area contributed by atoms with Gasteiger partial charge in [0, 0.05) is 18.6 Å². The van der Waals surface area contributed by atoms with Crippen LogP contribution in [0.2, 0.25) is 0 Å². The standard InChI is InChI=1S/C12H24N2O/c1-5-14(11-6-7-11)12(15)8-13-10(4)9(2)3/h9-11,13H,5-8H2,1-4H3. The summed E-state index contributed by atoms with van der Waals surface area (Å²) >= 11 is 0. The molecule has 0 heterocycles. The summed E-state index contributed by atoms with van der Waals surface area (Å²) in [5.41, 5.74) is 0. The van der Waals surface area contributed by atoms with E-state index in [1.54, 1.807) is 0 Å². The molecular weight excluding hydrogens is 188 g/mol. The minimum absolute atomic E-state index is 0.257. The predicted molar refractivity (Wildman–Crippen MR) is 62.7 cm³/mol. The number of hydrogen-bond acceptors (Lipinski definition) is 2. The zero-order valence-electron chi connectivity index (χ0n) is 10.4. The fourth-order valence-electron chi connectivity index (χ4n) is 1.61. The molecule has 0 spiro atoms. The molecule has 1 atom stereocenters. The van der Waals surface area contributed by atoms with Crippen LogP contribution in [-0.4, -0.2) is 36.0 Å². The van der Waals surface area contributed by atoms with Gasteiger partial charge in [0.25, 0.3) is 0 Å². The van der Waals surface area contributed by atoms with Gasteiger partial charge in [-0.3, -0.25) is 4.79 Å². The van der Waals surface area contributed by atoms with Crippen LogP contribution >= 0.6 is 0 Å². The van der Waals surface area contributed by atoms with E-state index >= 15 is 0 Å². The Balaban J connectivity index is 2.27. The van der Waals surface area contributed by atoms with E-state index in [2.05, 4.69) is 33.0 Å². The largest absolute Gasteiger partial charge is 0.339 e. The van der Waals surface area contributed by atoms with Gasteiger partial charge in [0.15, 0.2) is 0 Å². The van der Waals surface area contributed by atoms with Crippen molar-refractivity contribution in [2.45, 2.75) is 52.6 Å². The Morgan fingerprint density at radius 1 is 1.40 bits per heavy atom. The van der Waals surface area contributed by atoms with E-state index in [1.807, 2.05) is 4.90 Å². The molecule has 0 aromatic carbocycles. The van der Waals surface area contributed by atoms with Crippen LogP contribution in [0.1, 0.15) is 40.5 Å². The van der Waals surface area contributed by atoms with Crippen molar-refractivity contribution in [1.29, 1.82) is 0 Å². The Kier molecular flexibility index (Phi) is 4.58. The van der Waals surface area contributed by atoms with E-state index < -0.39 is 0 Å². The van der Waals surface area contributed by atoms with Crippen LogP contribution in [0, 0.1) is 5.92 Å². The average molecular weight is 212 g/mol. The minimum atomic E-state index is 0.257. The van der Waals surface area contributed by atoms with Crippen molar-refractivity contribution in [3.8, 4) is 0 Å². The maximum Gasteiger partial charge on any atom is 0.236 e. The van der Waals surface area contributed by atoms with Crippen LogP contribution in [-0.2, 0) is 4.79 Å². The average Bonchev–Trinajstić information content (AvgIpc) is 2.99. The highest BCUT2D eigenvalue weighted by molar-refractivity contribution is 5.78. The van der Waals surface area contributed by atoms with Crippen LogP contribution in [0.5, 0.6) is 0 Å². The van der Waals surface area contributed by atoms with E-state index in [0.717, 1.165) is 6.54 Å². The third-order valence-electron chi connectivity index (χ3n) is 3.22. The van der Waals surface area contributed by atoms with Gasteiger partial charge >= 0.3 is 0 Å². The summed E-state index contributed by atoms with van der Waals surface area (Å²) in [7, 11) is 0. The predicted octanol–water partition coefficient (Wildman–Crippen LogP) is 1.63. The second kappa shape index (κ2) is 5.50. The van der Waals surface area contributed by atoms with Crippen molar-refractivity contribution in [2.75, 3.05) is 13.1 Å². The molecule has 1 rings (SSSR count). The van der Waals surface area contributed by atoms with Crippen molar-refractivity contribution in [3.05, 3.63) is 0 Å². The van der Waals surface area contributed by atoms with E-state index in [1.165, 1.54) is 12.8 Å². The Hall–Kier alpha value is -0.570. The van der Waals surface area contributed by atoms with E-state index in [-0.39, 0.29) is 5.91 Å². The smallest absolute Gasteiger partial charge is 0.236 e. The Bertz CT molecular complexity index is 212. The molecule has 15 heavy (non-hydrogen) atoms. The first-order chi connectivity index (χ1) is 7.06. The third-order valence-corrected chi connectivity index (χ3v) is 3.22. The summed E-state index contributed by atoms with van der Waals surface area (Å²) in [5, 5.41) is 3.29. The molecule has 1 saturated carbocycles. The molecule has 3 heteroatoms.